The van der Waals surface area contributed by atoms with Crippen LogP contribution >= 0.6 is 0 Å². The summed E-state index contributed by atoms with van der Waals surface area (Å²) < 4.78 is 5.51. The molecular weight excluding hydrogens is 959 g/mol. The van der Waals surface area contributed by atoms with Crippen LogP contribution in [0.1, 0.15) is 412 Å². The fraction of sp³-hybridized carbons (Fsp3) is 0.944. The summed E-state index contributed by atoms with van der Waals surface area (Å²) in [7, 11) is 0. The van der Waals surface area contributed by atoms with Crippen LogP contribution in [0.2, 0.25) is 0 Å². The van der Waals surface area contributed by atoms with E-state index in [1.807, 2.05) is 0 Å². The maximum atomic E-state index is 12.5. The van der Waals surface area contributed by atoms with Crippen molar-refractivity contribution in [2.24, 2.45) is 0 Å². The van der Waals surface area contributed by atoms with Gasteiger partial charge in [0.2, 0.25) is 5.91 Å². The van der Waals surface area contributed by atoms with Crippen molar-refractivity contribution in [1.82, 2.24) is 5.32 Å². The van der Waals surface area contributed by atoms with Crippen LogP contribution in [0.5, 0.6) is 0 Å². The summed E-state index contributed by atoms with van der Waals surface area (Å²) in [6.45, 7) is 4.99. The van der Waals surface area contributed by atoms with Gasteiger partial charge in [0.15, 0.2) is 0 Å². The lowest BCUT2D eigenvalue weighted by Crippen LogP contribution is -2.45. The molecule has 0 saturated heterocycles. The molecule has 0 heterocycles. The van der Waals surface area contributed by atoms with Crippen molar-refractivity contribution in [3.05, 3.63) is 12.2 Å². The molecule has 0 aliphatic heterocycles. The van der Waals surface area contributed by atoms with Gasteiger partial charge in [-0.25, -0.2) is 0 Å². The molecule has 0 aromatic rings. The number of carbonyl (C=O) groups excluding carboxylic acids is 2. The summed E-state index contributed by atoms with van der Waals surface area (Å²) in [5, 5.41) is 23.3. The van der Waals surface area contributed by atoms with Gasteiger partial charge in [-0.15, -0.1) is 0 Å². The number of amides is 1. The molecule has 0 aliphatic rings. The number of hydrogen-bond acceptors (Lipinski definition) is 5. The van der Waals surface area contributed by atoms with Crippen molar-refractivity contribution in [2.45, 2.75) is 424 Å². The third-order valence-corrected chi connectivity index (χ3v) is 17.1. The van der Waals surface area contributed by atoms with Crippen LogP contribution in [0.4, 0.5) is 0 Å². The number of esters is 1. The van der Waals surface area contributed by atoms with E-state index in [2.05, 4.69) is 31.3 Å². The summed E-state index contributed by atoms with van der Waals surface area (Å²) in [6.07, 6.45) is 84.2. The van der Waals surface area contributed by atoms with Crippen LogP contribution in [-0.2, 0) is 14.3 Å². The Morgan fingerprint density at radius 2 is 0.603 bits per heavy atom. The van der Waals surface area contributed by atoms with Gasteiger partial charge in [0.05, 0.1) is 25.4 Å². The van der Waals surface area contributed by atoms with E-state index in [4.69, 9.17) is 4.74 Å². The standard InChI is InChI=1S/C72H141NO5/c1-3-5-7-9-11-13-15-17-18-19-36-39-42-46-50-54-58-62-66-72(77)78-67-63-59-55-51-47-43-40-37-34-32-30-28-26-24-22-20-21-23-25-27-29-31-33-35-38-41-45-49-53-57-61-65-71(76)73-69(68-74)70(75)64-60-56-52-48-44-16-14-12-10-8-6-4-2/h22,24,69-70,74-75H,3-21,23,25-68H2,1-2H3,(H,73,76)/b24-22-. The van der Waals surface area contributed by atoms with Crippen LogP contribution in [0.15, 0.2) is 12.2 Å². The first-order valence-corrected chi connectivity index (χ1v) is 35.9. The zero-order valence-corrected chi connectivity index (χ0v) is 53.2. The molecule has 2 atom stereocenters. The molecule has 0 radical (unpaired) electrons. The summed E-state index contributed by atoms with van der Waals surface area (Å²) in [4.78, 5) is 24.6. The highest BCUT2D eigenvalue weighted by atomic mass is 16.5. The smallest absolute Gasteiger partial charge is 0.305 e. The molecule has 464 valence electrons. The fourth-order valence-electron chi connectivity index (χ4n) is 11.6. The molecular formula is C72H141NO5. The molecule has 0 bridgehead atoms. The molecule has 0 saturated carbocycles. The minimum Gasteiger partial charge on any atom is -0.466 e. The highest BCUT2D eigenvalue weighted by molar-refractivity contribution is 5.76. The van der Waals surface area contributed by atoms with E-state index in [0.717, 1.165) is 38.5 Å². The molecule has 2 unspecified atom stereocenters. The number of aliphatic hydroxyl groups excluding tert-OH is 2. The molecule has 0 aromatic carbocycles. The third kappa shape index (κ3) is 63.8. The van der Waals surface area contributed by atoms with Gasteiger partial charge in [0.1, 0.15) is 0 Å². The van der Waals surface area contributed by atoms with E-state index in [9.17, 15) is 19.8 Å². The number of aliphatic hydroxyl groups is 2. The van der Waals surface area contributed by atoms with E-state index in [0.29, 0.717) is 25.9 Å². The normalized spacial score (nSPS) is 12.5. The monoisotopic (exact) mass is 1100 g/mol. The Hall–Kier alpha value is -1.40. The SMILES string of the molecule is CCCCCCCCCCCCCCCCCCCCC(=O)OCCCCCCCCCCCCCC/C=C\CCCCCCCCCCCCCCCCCC(=O)NC(CO)C(O)CCCCCCCCCCCCCC. The van der Waals surface area contributed by atoms with Crippen molar-refractivity contribution >= 4 is 11.9 Å². The van der Waals surface area contributed by atoms with E-state index < -0.39 is 12.1 Å². The van der Waals surface area contributed by atoms with Gasteiger partial charge in [0.25, 0.3) is 0 Å². The average molecular weight is 1100 g/mol. The van der Waals surface area contributed by atoms with Gasteiger partial charge in [0, 0.05) is 12.8 Å². The maximum Gasteiger partial charge on any atom is 0.305 e. The minimum absolute atomic E-state index is 0.0230. The van der Waals surface area contributed by atoms with Crippen LogP contribution in [0, 0.1) is 0 Å². The number of hydrogen-bond donors (Lipinski definition) is 3. The summed E-state index contributed by atoms with van der Waals surface area (Å²) >= 11 is 0. The second-order valence-corrected chi connectivity index (χ2v) is 24.9. The molecule has 6 nitrogen and oxygen atoms in total. The quantitative estimate of drug-likeness (QED) is 0.0320. The second-order valence-electron chi connectivity index (χ2n) is 24.9. The van der Waals surface area contributed by atoms with Crippen molar-refractivity contribution < 1.29 is 24.5 Å². The number of rotatable bonds is 68. The van der Waals surface area contributed by atoms with Crippen LogP contribution in [-0.4, -0.2) is 47.4 Å². The van der Waals surface area contributed by atoms with Gasteiger partial charge in [-0.05, 0) is 51.4 Å². The molecule has 0 fully saturated rings. The first kappa shape index (κ1) is 76.6. The molecule has 0 aliphatic carbocycles. The fourth-order valence-corrected chi connectivity index (χ4v) is 11.6. The van der Waals surface area contributed by atoms with Crippen LogP contribution in [0.25, 0.3) is 0 Å². The Kier molecular flexibility index (Phi) is 66.9. The molecule has 0 rings (SSSR count). The zero-order valence-electron chi connectivity index (χ0n) is 53.2. The Morgan fingerprint density at radius 3 is 0.910 bits per heavy atom. The lowest BCUT2D eigenvalue weighted by atomic mass is 10.0. The number of carbonyl (C=O) groups is 2. The lowest BCUT2D eigenvalue weighted by molar-refractivity contribution is -0.143. The summed E-state index contributed by atoms with van der Waals surface area (Å²) in [5.41, 5.74) is 0. The maximum absolute atomic E-state index is 12.5. The largest absolute Gasteiger partial charge is 0.466 e. The van der Waals surface area contributed by atoms with Crippen molar-refractivity contribution in [3.8, 4) is 0 Å². The van der Waals surface area contributed by atoms with Crippen LogP contribution < -0.4 is 5.32 Å². The Balaban J connectivity index is 3.32. The third-order valence-electron chi connectivity index (χ3n) is 17.1. The first-order chi connectivity index (χ1) is 38.5. The topological polar surface area (TPSA) is 95.9 Å². The number of nitrogens with one attached hydrogen (secondary N) is 1. The Morgan fingerprint density at radius 1 is 0.346 bits per heavy atom. The van der Waals surface area contributed by atoms with E-state index in [-0.39, 0.29) is 18.5 Å². The molecule has 0 spiro atoms. The first-order valence-electron chi connectivity index (χ1n) is 35.9. The van der Waals surface area contributed by atoms with Gasteiger partial charge >= 0.3 is 5.97 Å². The second kappa shape index (κ2) is 68.1. The summed E-state index contributed by atoms with van der Waals surface area (Å²) in [6, 6.07) is -0.538. The minimum atomic E-state index is -0.661. The predicted molar refractivity (Wildman–Crippen MR) is 343 cm³/mol. The molecule has 78 heavy (non-hydrogen) atoms. The number of unbranched alkanes of at least 4 members (excludes halogenated alkanes) is 55. The highest BCUT2D eigenvalue weighted by Crippen LogP contribution is 2.19. The van der Waals surface area contributed by atoms with Crippen molar-refractivity contribution in [1.29, 1.82) is 0 Å². The number of ether oxygens (including phenoxy) is 1. The van der Waals surface area contributed by atoms with E-state index >= 15 is 0 Å². The van der Waals surface area contributed by atoms with Crippen molar-refractivity contribution in [2.75, 3.05) is 13.2 Å². The van der Waals surface area contributed by atoms with Gasteiger partial charge in [-0.2, -0.15) is 0 Å². The zero-order chi connectivity index (χ0) is 56.4. The molecule has 1 amide bonds. The van der Waals surface area contributed by atoms with Crippen LogP contribution in [0.3, 0.4) is 0 Å². The van der Waals surface area contributed by atoms with E-state index in [1.165, 1.54) is 340 Å². The molecule has 3 N–H and O–H groups in total. The number of allylic oxidation sites excluding steroid dienone is 2. The summed E-state index contributed by atoms with van der Waals surface area (Å²) in [5.74, 6) is -0.00793. The molecule has 6 heteroatoms. The van der Waals surface area contributed by atoms with Gasteiger partial charge in [-0.3, -0.25) is 9.59 Å². The predicted octanol–water partition coefficient (Wildman–Crippen LogP) is 23.1. The van der Waals surface area contributed by atoms with Gasteiger partial charge < -0.3 is 20.3 Å². The Bertz CT molecular complexity index is 1180. The highest BCUT2D eigenvalue weighted by Gasteiger charge is 2.20. The Labute approximate surface area is 489 Å². The lowest BCUT2D eigenvalue weighted by Gasteiger charge is -2.22. The molecule has 0 aromatic heterocycles. The van der Waals surface area contributed by atoms with Crippen molar-refractivity contribution in [3.63, 3.8) is 0 Å². The van der Waals surface area contributed by atoms with E-state index in [1.54, 1.807) is 0 Å². The average Bonchev–Trinajstić information content (AvgIpc) is 3.44. The van der Waals surface area contributed by atoms with Gasteiger partial charge in [-0.1, -0.05) is 360 Å².